The lowest BCUT2D eigenvalue weighted by atomic mass is 10.2. The zero-order valence-electron chi connectivity index (χ0n) is 12.0. The standard InChI is InChI=1S/C15H20N4OS/c20-15(12-2-3-13-14(10-12)21-11-18-13)17-4-1-7-19-8-5-16-6-9-19/h2-3,10-11,16H,1,4-9H2,(H,17,20). The van der Waals surface area contributed by atoms with Crippen LogP contribution in [-0.4, -0.2) is 55.1 Å². The Bertz CT molecular complexity index is 606. The smallest absolute Gasteiger partial charge is 0.251 e. The maximum Gasteiger partial charge on any atom is 0.251 e. The fourth-order valence-electron chi connectivity index (χ4n) is 2.54. The number of amides is 1. The molecular weight excluding hydrogens is 284 g/mol. The van der Waals surface area contributed by atoms with E-state index in [4.69, 9.17) is 0 Å². The van der Waals surface area contributed by atoms with Gasteiger partial charge in [-0.25, -0.2) is 4.98 Å². The fourth-order valence-corrected chi connectivity index (χ4v) is 3.25. The maximum absolute atomic E-state index is 12.1. The molecule has 6 heteroatoms. The summed E-state index contributed by atoms with van der Waals surface area (Å²) in [7, 11) is 0. The van der Waals surface area contributed by atoms with Crippen LogP contribution in [0, 0.1) is 0 Å². The fraction of sp³-hybridized carbons (Fsp3) is 0.467. The van der Waals surface area contributed by atoms with Crippen molar-refractivity contribution < 1.29 is 4.79 Å². The molecule has 112 valence electrons. The molecule has 0 spiro atoms. The van der Waals surface area contributed by atoms with Crippen LogP contribution in [0.5, 0.6) is 0 Å². The summed E-state index contributed by atoms with van der Waals surface area (Å²) in [6, 6.07) is 5.66. The van der Waals surface area contributed by atoms with Crippen LogP contribution in [0.4, 0.5) is 0 Å². The number of piperazine rings is 1. The quantitative estimate of drug-likeness (QED) is 0.818. The van der Waals surface area contributed by atoms with Crippen LogP contribution in [0.1, 0.15) is 16.8 Å². The van der Waals surface area contributed by atoms with Gasteiger partial charge in [0.15, 0.2) is 0 Å². The number of carbonyl (C=O) groups is 1. The number of aromatic nitrogens is 1. The van der Waals surface area contributed by atoms with Crippen molar-refractivity contribution in [1.29, 1.82) is 0 Å². The van der Waals surface area contributed by atoms with Gasteiger partial charge in [0.25, 0.3) is 5.91 Å². The lowest BCUT2D eigenvalue weighted by Gasteiger charge is -2.27. The van der Waals surface area contributed by atoms with E-state index in [1.165, 1.54) is 0 Å². The molecule has 3 rings (SSSR count). The maximum atomic E-state index is 12.1. The summed E-state index contributed by atoms with van der Waals surface area (Å²) in [5, 5.41) is 6.34. The highest BCUT2D eigenvalue weighted by atomic mass is 32.1. The van der Waals surface area contributed by atoms with Gasteiger partial charge in [0.05, 0.1) is 15.7 Å². The minimum Gasteiger partial charge on any atom is -0.352 e. The number of carbonyl (C=O) groups excluding carboxylic acids is 1. The number of rotatable bonds is 5. The second-order valence-corrected chi connectivity index (χ2v) is 6.12. The molecule has 0 unspecified atom stereocenters. The van der Waals surface area contributed by atoms with Gasteiger partial charge in [0, 0.05) is 38.3 Å². The summed E-state index contributed by atoms with van der Waals surface area (Å²) < 4.78 is 1.06. The molecule has 0 saturated carbocycles. The molecule has 1 saturated heterocycles. The molecule has 1 aliphatic heterocycles. The zero-order chi connectivity index (χ0) is 14.5. The molecule has 1 fully saturated rings. The van der Waals surface area contributed by atoms with E-state index in [1.807, 2.05) is 18.2 Å². The van der Waals surface area contributed by atoms with Gasteiger partial charge >= 0.3 is 0 Å². The molecule has 0 radical (unpaired) electrons. The van der Waals surface area contributed by atoms with Gasteiger partial charge < -0.3 is 15.5 Å². The molecule has 1 aromatic carbocycles. The van der Waals surface area contributed by atoms with Gasteiger partial charge in [0.1, 0.15) is 0 Å². The number of nitrogens with one attached hydrogen (secondary N) is 2. The molecule has 0 aliphatic carbocycles. The van der Waals surface area contributed by atoms with Crippen LogP contribution >= 0.6 is 11.3 Å². The largest absolute Gasteiger partial charge is 0.352 e. The summed E-state index contributed by atoms with van der Waals surface area (Å²) in [5.41, 5.74) is 3.48. The van der Waals surface area contributed by atoms with E-state index < -0.39 is 0 Å². The summed E-state index contributed by atoms with van der Waals surface area (Å²) in [5.74, 6) is 0.00520. The van der Waals surface area contributed by atoms with Crippen molar-refractivity contribution in [2.75, 3.05) is 39.3 Å². The molecule has 2 N–H and O–H groups in total. The highest BCUT2D eigenvalue weighted by molar-refractivity contribution is 7.16. The predicted octanol–water partition coefficient (Wildman–Crippen LogP) is 1.32. The van der Waals surface area contributed by atoms with Crippen LogP contribution in [-0.2, 0) is 0 Å². The second-order valence-electron chi connectivity index (χ2n) is 5.24. The number of nitrogens with zero attached hydrogens (tertiary/aromatic N) is 2. The number of thiazole rings is 1. The molecule has 21 heavy (non-hydrogen) atoms. The molecule has 1 amide bonds. The summed E-state index contributed by atoms with van der Waals surface area (Å²) >= 11 is 1.56. The van der Waals surface area contributed by atoms with E-state index in [2.05, 4.69) is 20.5 Å². The Balaban J connectivity index is 1.45. The van der Waals surface area contributed by atoms with Crippen LogP contribution in [0.3, 0.4) is 0 Å². The van der Waals surface area contributed by atoms with Crippen molar-refractivity contribution in [2.45, 2.75) is 6.42 Å². The van der Waals surface area contributed by atoms with Crippen LogP contribution in [0.15, 0.2) is 23.7 Å². The van der Waals surface area contributed by atoms with Crippen LogP contribution in [0.25, 0.3) is 10.2 Å². The van der Waals surface area contributed by atoms with E-state index in [1.54, 1.807) is 16.8 Å². The summed E-state index contributed by atoms with van der Waals surface area (Å²) in [4.78, 5) is 18.8. The SMILES string of the molecule is O=C(NCCCN1CCNCC1)c1ccc2ncsc2c1. The zero-order valence-corrected chi connectivity index (χ0v) is 12.8. The van der Waals surface area contributed by atoms with Gasteiger partial charge in [-0.15, -0.1) is 11.3 Å². The lowest BCUT2D eigenvalue weighted by molar-refractivity contribution is 0.0951. The number of hydrogen-bond donors (Lipinski definition) is 2. The van der Waals surface area contributed by atoms with E-state index in [0.29, 0.717) is 5.56 Å². The molecule has 1 aliphatic rings. The molecule has 0 bridgehead atoms. The summed E-state index contributed by atoms with van der Waals surface area (Å²) in [6.07, 6.45) is 0.995. The molecule has 0 atom stereocenters. The van der Waals surface area contributed by atoms with Crippen molar-refractivity contribution >= 4 is 27.5 Å². The van der Waals surface area contributed by atoms with Gasteiger partial charge in [0.2, 0.25) is 0 Å². The first-order valence-electron chi connectivity index (χ1n) is 7.37. The van der Waals surface area contributed by atoms with Gasteiger partial charge in [-0.1, -0.05) is 0 Å². The van der Waals surface area contributed by atoms with Gasteiger partial charge in [-0.05, 0) is 31.2 Å². The minimum absolute atomic E-state index is 0.00520. The molecular formula is C15H20N4OS. The third kappa shape index (κ3) is 3.78. The monoisotopic (exact) mass is 304 g/mol. The molecule has 2 heterocycles. The van der Waals surface area contributed by atoms with Crippen LogP contribution in [0.2, 0.25) is 0 Å². The van der Waals surface area contributed by atoms with E-state index in [0.717, 1.165) is 55.9 Å². The Kier molecular flexibility index (Phi) is 4.80. The summed E-state index contributed by atoms with van der Waals surface area (Å²) in [6.45, 7) is 6.13. The third-order valence-electron chi connectivity index (χ3n) is 3.74. The molecule has 1 aromatic heterocycles. The third-order valence-corrected chi connectivity index (χ3v) is 4.53. The van der Waals surface area contributed by atoms with Crippen molar-refractivity contribution in [3.8, 4) is 0 Å². The average molecular weight is 304 g/mol. The number of fused-ring (bicyclic) bond motifs is 1. The van der Waals surface area contributed by atoms with Crippen molar-refractivity contribution in [3.05, 3.63) is 29.3 Å². The van der Waals surface area contributed by atoms with E-state index >= 15 is 0 Å². The van der Waals surface area contributed by atoms with E-state index in [9.17, 15) is 4.79 Å². The minimum atomic E-state index is 0.00520. The highest BCUT2D eigenvalue weighted by Crippen LogP contribution is 2.18. The van der Waals surface area contributed by atoms with Crippen molar-refractivity contribution in [1.82, 2.24) is 20.5 Å². The van der Waals surface area contributed by atoms with E-state index in [-0.39, 0.29) is 5.91 Å². The highest BCUT2D eigenvalue weighted by Gasteiger charge is 2.10. The lowest BCUT2D eigenvalue weighted by Crippen LogP contribution is -2.44. The Morgan fingerprint density at radius 3 is 3.10 bits per heavy atom. The first-order chi connectivity index (χ1) is 10.3. The normalized spacial score (nSPS) is 16.2. The number of hydrogen-bond acceptors (Lipinski definition) is 5. The Morgan fingerprint density at radius 1 is 1.38 bits per heavy atom. The van der Waals surface area contributed by atoms with Crippen LogP contribution < -0.4 is 10.6 Å². The first kappa shape index (κ1) is 14.4. The second kappa shape index (κ2) is 6.98. The predicted molar refractivity (Wildman–Crippen MR) is 85.9 cm³/mol. The topological polar surface area (TPSA) is 57.3 Å². The first-order valence-corrected chi connectivity index (χ1v) is 8.25. The number of benzene rings is 1. The Hall–Kier alpha value is -1.50. The molecule has 5 nitrogen and oxygen atoms in total. The Morgan fingerprint density at radius 2 is 2.24 bits per heavy atom. The Labute approximate surface area is 128 Å². The van der Waals surface area contributed by atoms with Crippen molar-refractivity contribution in [3.63, 3.8) is 0 Å². The average Bonchev–Trinajstić information content (AvgIpc) is 3.00. The molecule has 2 aromatic rings. The van der Waals surface area contributed by atoms with Crippen molar-refractivity contribution in [2.24, 2.45) is 0 Å². The van der Waals surface area contributed by atoms with Gasteiger partial charge in [-0.2, -0.15) is 0 Å². The van der Waals surface area contributed by atoms with Gasteiger partial charge in [-0.3, -0.25) is 4.79 Å².